The second kappa shape index (κ2) is 9.72. The molecule has 2 heterocycles. The number of anilines is 2. The fourth-order valence-corrected chi connectivity index (χ4v) is 2.98. The van der Waals surface area contributed by atoms with Gasteiger partial charge in [0.05, 0.1) is 19.9 Å². The fourth-order valence-electron chi connectivity index (χ4n) is 2.98. The van der Waals surface area contributed by atoms with Crippen molar-refractivity contribution in [3.05, 3.63) is 36.0 Å². The average Bonchev–Trinajstić information content (AvgIpc) is 2.74. The molecule has 0 radical (unpaired) electrons. The lowest BCUT2D eigenvalue weighted by atomic mass is 10.1. The first-order chi connectivity index (χ1) is 13.7. The zero-order valence-electron chi connectivity index (χ0n) is 16.3. The minimum Gasteiger partial charge on any atom is -0.497 e. The quantitative estimate of drug-likeness (QED) is 0.770. The highest BCUT2D eigenvalue weighted by atomic mass is 16.6. The molecule has 1 aliphatic heterocycles. The van der Waals surface area contributed by atoms with Crippen LogP contribution in [0.1, 0.15) is 12.5 Å². The van der Waals surface area contributed by atoms with E-state index < -0.39 is 0 Å². The van der Waals surface area contributed by atoms with E-state index in [-0.39, 0.29) is 6.09 Å². The summed E-state index contributed by atoms with van der Waals surface area (Å²) < 4.78 is 10.3. The van der Waals surface area contributed by atoms with Crippen molar-refractivity contribution in [2.45, 2.75) is 13.3 Å². The summed E-state index contributed by atoms with van der Waals surface area (Å²) in [6, 6.07) is 8.00. The number of carbonyl (C=O) groups is 1. The molecule has 0 spiro atoms. The van der Waals surface area contributed by atoms with Crippen molar-refractivity contribution in [2.24, 2.45) is 0 Å². The monoisotopic (exact) mass is 386 g/mol. The van der Waals surface area contributed by atoms with Gasteiger partial charge in [-0.05, 0) is 31.0 Å². The summed E-state index contributed by atoms with van der Waals surface area (Å²) in [6.07, 6.45) is 2.19. The maximum atomic E-state index is 11.8. The maximum Gasteiger partial charge on any atom is 0.409 e. The van der Waals surface area contributed by atoms with Gasteiger partial charge in [-0.15, -0.1) is 5.10 Å². The van der Waals surface area contributed by atoms with E-state index in [4.69, 9.17) is 9.47 Å². The van der Waals surface area contributed by atoms with Gasteiger partial charge in [-0.3, -0.25) is 0 Å². The molecular formula is C19H26N6O3. The number of carbonyl (C=O) groups excluding carboxylic acids is 1. The maximum absolute atomic E-state index is 11.8. The number of nitrogens with one attached hydrogen (secondary N) is 1. The first-order valence-corrected chi connectivity index (χ1v) is 9.42. The van der Waals surface area contributed by atoms with Gasteiger partial charge in [-0.25, -0.2) is 4.79 Å². The molecule has 28 heavy (non-hydrogen) atoms. The Hall–Kier alpha value is -3.10. The summed E-state index contributed by atoms with van der Waals surface area (Å²) in [6.45, 7) is 5.37. The van der Waals surface area contributed by atoms with Gasteiger partial charge in [0.1, 0.15) is 5.75 Å². The second-order valence-corrected chi connectivity index (χ2v) is 6.34. The topological polar surface area (TPSA) is 92.7 Å². The smallest absolute Gasteiger partial charge is 0.409 e. The number of nitrogens with zero attached hydrogens (tertiary/aromatic N) is 5. The van der Waals surface area contributed by atoms with Crippen LogP contribution in [0, 0.1) is 0 Å². The minimum atomic E-state index is -0.269. The molecule has 0 atom stereocenters. The van der Waals surface area contributed by atoms with Gasteiger partial charge < -0.3 is 24.6 Å². The van der Waals surface area contributed by atoms with Gasteiger partial charge in [0.15, 0.2) is 5.82 Å². The van der Waals surface area contributed by atoms with Crippen LogP contribution in [0.25, 0.3) is 0 Å². The van der Waals surface area contributed by atoms with Crippen LogP contribution in [0.15, 0.2) is 30.5 Å². The van der Waals surface area contributed by atoms with E-state index in [1.54, 1.807) is 25.1 Å². The molecule has 9 heteroatoms. The molecular weight excluding hydrogens is 360 g/mol. The lowest BCUT2D eigenvalue weighted by Gasteiger charge is -2.33. The van der Waals surface area contributed by atoms with Gasteiger partial charge in [0.25, 0.3) is 0 Å². The minimum absolute atomic E-state index is 0.269. The Morgan fingerprint density at radius 3 is 2.82 bits per heavy atom. The molecule has 2 aromatic rings. The third-order valence-corrected chi connectivity index (χ3v) is 4.49. The molecule has 0 bridgehead atoms. The number of amides is 1. The Bertz CT molecular complexity index is 780. The molecule has 1 aromatic carbocycles. The zero-order valence-corrected chi connectivity index (χ0v) is 16.3. The van der Waals surface area contributed by atoms with E-state index >= 15 is 0 Å². The van der Waals surface area contributed by atoms with Crippen LogP contribution in [-0.4, -0.2) is 72.6 Å². The van der Waals surface area contributed by atoms with Crippen molar-refractivity contribution in [3.63, 3.8) is 0 Å². The summed E-state index contributed by atoms with van der Waals surface area (Å²) in [5, 5.41) is 11.5. The summed E-state index contributed by atoms with van der Waals surface area (Å²) in [7, 11) is 1.66. The first kappa shape index (κ1) is 19.7. The second-order valence-electron chi connectivity index (χ2n) is 6.34. The van der Waals surface area contributed by atoms with E-state index in [0.29, 0.717) is 44.6 Å². The van der Waals surface area contributed by atoms with Crippen molar-refractivity contribution in [1.29, 1.82) is 0 Å². The van der Waals surface area contributed by atoms with Gasteiger partial charge in [-0.2, -0.15) is 10.1 Å². The van der Waals surface area contributed by atoms with Crippen LogP contribution in [0.4, 0.5) is 16.6 Å². The van der Waals surface area contributed by atoms with Crippen LogP contribution in [0.3, 0.4) is 0 Å². The molecule has 1 fully saturated rings. The normalized spacial score (nSPS) is 13.9. The van der Waals surface area contributed by atoms with Crippen molar-refractivity contribution in [3.8, 4) is 5.75 Å². The molecule has 1 aromatic heterocycles. The molecule has 0 unspecified atom stereocenters. The third kappa shape index (κ3) is 5.21. The highest BCUT2D eigenvalue weighted by Gasteiger charge is 2.23. The number of hydrogen-bond donors (Lipinski definition) is 1. The molecule has 1 saturated heterocycles. The molecule has 1 aliphatic rings. The molecule has 0 saturated carbocycles. The average molecular weight is 386 g/mol. The van der Waals surface area contributed by atoms with Crippen molar-refractivity contribution < 1.29 is 14.3 Å². The predicted octanol–water partition coefficient (Wildman–Crippen LogP) is 1.81. The predicted molar refractivity (Wildman–Crippen MR) is 106 cm³/mol. The zero-order chi connectivity index (χ0) is 19.8. The van der Waals surface area contributed by atoms with Crippen LogP contribution >= 0.6 is 0 Å². The SMILES string of the molecule is CCOC(=O)N1CCN(c2nncc(NCCc3cccc(OC)c3)n2)CC1. The lowest BCUT2D eigenvalue weighted by Crippen LogP contribution is -2.49. The Morgan fingerprint density at radius 1 is 1.25 bits per heavy atom. The van der Waals surface area contributed by atoms with E-state index in [1.807, 2.05) is 23.1 Å². The highest BCUT2D eigenvalue weighted by Crippen LogP contribution is 2.15. The first-order valence-electron chi connectivity index (χ1n) is 9.42. The molecule has 9 nitrogen and oxygen atoms in total. The summed E-state index contributed by atoms with van der Waals surface area (Å²) in [5.74, 6) is 2.10. The van der Waals surface area contributed by atoms with E-state index in [1.165, 1.54) is 5.56 Å². The van der Waals surface area contributed by atoms with Crippen molar-refractivity contribution in [1.82, 2.24) is 20.1 Å². The number of ether oxygens (including phenoxy) is 2. The van der Waals surface area contributed by atoms with Gasteiger partial charge in [0, 0.05) is 32.7 Å². The lowest BCUT2D eigenvalue weighted by molar-refractivity contribution is 0.105. The summed E-state index contributed by atoms with van der Waals surface area (Å²) in [5.41, 5.74) is 1.18. The Labute approximate surface area is 164 Å². The fraction of sp³-hybridized carbons (Fsp3) is 0.474. The Balaban J connectivity index is 1.51. The van der Waals surface area contributed by atoms with Crippen LogP contribution < -0.4 is 15.0 Å². The summed E-state index contributed by atoms with van der Waals surface area (Å²) in [4.78, 5) is 20.1. The Morgan fingerprint density at radius 2 is 2.07 bits per heavy atom. The van der Waals surface area contributed by atoms with Crippen LogP contribution in [0.2, 0.25) is 0 Å². The van der Waals surface area contributed by atoms with E-state index in [0.717, 1.165) is 18.7 Å². The molecule has 1 amide bonds. The number of aromatic nitrogens is 3. The summed E-state index contributed by atoms with van der Waals surface area (Å²) >= 11 is 0. The molecule has 0 aliphatic carbocycles. The van der Waals surface area contributed by atoms with Crippen LogP contribution in [0.5, 0.6) is 5.75 Å². The van der Waals surface area contributed by atoms with Gasteiger partial charge in [-0.1, -0.05) is 12.1 Å². The molecule has 3 rings (SSSR count). The highest BCUT2D eigenvalue weighted by molar-refractivity contribution is 5.68. The largest absolute Gasteiger partial charge is 0.497 e. The standard InChI is InChI=1S/C19H26N6O3/c1-3-28-19(26)25-11-9-24(10-12-25)18-22-17(14-21-23-18)20-8-7-15-5-4-6-16(13-15)27-2/h4-6,13-14H,3,7-12H2,1-2H3,(H,20,22,23). The number of piperazine rings is 1. The van der Waals surface area contributed by atoms with Crippen LogP contribution in [-0.2, 0) is 11.2 Å². The van der Waals surface area contributed by atoms with Crippen molar-refractivity contribution in [2.75, 3.05) is 56.7 Å². The number of methoxy groups -OCH3 is 1. The number of benzene rings is 1. The van der Waals surface area contributed by atoms with Crippen molar-refractivity contribution >= 4 is 17.9 Å². The Kier molecular flexibility index (Phi) is 6.83. The van der Waals surface area contributed by atoms with E-state index in [9.17, 15) is 4.79 Å². The number of hydrogen-bond acceptors (Lipinski definition) is 8. The molecule has 150 valence electrons. The third-order valence-electron chi connectivity index (χ3n) is 4.49. The molecule has 1 N–H and O–H groups in total. The van der Waals surface area contributed by atoms with E-state index in [2.05, 4.69) is 26.6 Å². The van der Waals surface area contributed by atoms with Gasteiger partial charge >= 0.3 is 6.09 Å². The number of rotatable bonds is 7. The van der Waals surface area contributed by atoms with Gasteiger partial charge in [0.2, 0.25) is 5.95 Å².